The summed E-state index contributed by atoms with van der Waals surface area (Å²) in [6.45, 7) is 1.55. The molecular weight excluding hydrogens is 480 g/mol. The van der Waals surface area contributed by atoms with Crippen molar-refractivity contribution in [2.45, 2.75) is 49.9 Å². The molecule has 1 aromatic carbocycles. The van der Waals surface area contributed by atoms with Crippen LogP contribution in [0.25, 0.3) is 10.9 Å². The highest BCUT2D eigenvalue weighted by Gasteiger charge is 2.32. The predicted molar refractivity (Wildman–Crippen MR) is 133 cm³/mol. The first-order chi connectivity index (χ1) is 17.4. The normalized spacial score (nSPS) is 19.0. The Hall–Kier alpha value is -3.28. The molecule has 0 amide bonds. The van der Waals surface area contributed by atoms with Crippen molar-refractivity contribution in [3.05, 3.63) is 76.1 Å². The van der Waals surface area contributed by atoms with Crippen molar-refractivity contribution >= 4 is 20.9 Å². The Balaban J connectivity index is 1.30. The van der Waals surface area contributed by atoms with Crippen LogP contribution in [0, 0.1) is 0 Å². The lowest BCUT2D eigenvalue weighted by Crippen LogP contribution is -2.36. The Kier molecular flexibility index (Phi) is 5.78. The number of rotatable bonds is 5. The maximum Gasteiger partial charge on any atom is 0.291 e. The number of aromatic nitrogens is 5. The smallest absolute Gasteiger partial charge is 0.291 e. The van der Waals surface area contributed by atoms with Crippen LogP contribution in [-0.4, -0.2) is 50.0 Å². The second-order valence-electron chi connectivity index (χ2n) is 9.36. The lowest BCUT2D eigenvalue weighted by Gasteiger charge is -2.27. The summed E-state index contributed by atoms with van der Waals surface area (Å²) in [5.74, 6) is 0. The van der Waals surface area contributed by atoms with Crippen LogP contribution in [0.5, 0.6) is 0 Å². The first kappa shape index (κ1) is 23.1. The average molecular weight is 509 g/mol. The van der Waals surface area contributed by atoms with Crippen LogP contribution >= 0.6 is 0 Å². The van der Waals surface area contributed by atoms with Gasteiger partial charge in [-0.1, -0.05) is 18.2 Å². The molecule has 6 rings (SSSR count). The average Bonchev–Trinajstić information content (AvgIpc) is 3.49. The van der Waals surface area contributed by atoms with Gasteiger partial charge in [0.05, 0.1) is 29.9 Å². The van der Waals surface area contributed by atoms with Crippen LogP contribution in [0.3, 0.4) is 0 Å². The van der Waals surface area contributed by atoms with Gasteiger partial charge in [0.15, 0.2) is 0 Å². The molecular formula is C25H28N6O4S. The number of nitrogens with zero attached hydrogens (tertiary/aromatic N) is 6. The Morgan fingerprint density at radius 3 is 2.75 bits per heavy atom. The number of hydrogen-bond acceptors (Lipinski definition) is 6. The Morgan fingerprint density at radius 2 is 1.97 bits per heavy atom. The van der Waals surface area contributed by atoms with Gasteiger partial charge in [0, 0.05) is 37.5 Å². The molecule has 0 saturated carbocycles. The van der Waals surface area contributed by atoms with E-state index in [9.17, 15) is 13.2 Å². The molecule has 0 radical (unpaired) electrons. The maximum atomic E-state index is 13.5. The molecule has 4 aromatic rings. The molecule has 1 atom stereocenters. The van der Waals surface area contributed by atoms with Crippen LogP contribution in [0.1, 0.15) is 42.4 Å². The topological polar surface area (TPSA) is 104 Å². The Bertz CT molecular complexity index is 1580. The number of aryl methyl sites for hydroxylation is 1. The van der Waals surface area contributed by atoms with Crippen molar-refractivity contribution in [3.63, 3.8) is 0 Å². The Morgan fingerprint density at radius 1 is 1.14 bits per heavy atom. The van der Waals surface area contributed by atoms with Crippen LogP contribution in [0.4, 0.5) is 0 Å². The molecule has 0 bridgehead atoms. The minimum Gasteiger partial charge on any atom is -0.357 e. The summed E-state index contributed by atoms with van der Waals surface area (Å²) in [5, 5.41) is 9.84. The third-order valence-corrected chi connectivity index (χ3v) is 9.04. The molecule has 1 saturated heterocycles. The highest BCUT2D eigenvalue weighted by Crippen LogP contribution is 2.31. The standard InChI is InChI=1S/C25H28N6O4S/c1-28-22-17-29(36(33,34)19-7-3-2-4-8-19)12-11-20(22)21-15-26-31(25(32)24(21)28)16-18-10-13-30(27-18)23-9-5-6-14-35-23/h2-4,7-8,10,13,15,23H,5-6,9,11-12,14,16-17H2,1H3. The monoisotopic (exact) mass is 508 g/mol. The van der Waals surface area contributed by atoms with Gasteiger partial charge in [0.2, 0.25) is 10.0 Å². The third-order valence-electron chi connectivity index (χ3n) is 7.18. The minimum atomic E-state index is -3.62. The van der Waals surface area contributed by atoms with E-state index in [0.717, 1.165) is 48.2 Å². The van der Waals surface area contributed by atoms with Crippen molar-refractivity contribution in [3.8, 4) is 0 Å². The fourth-order valence-corrected chi connectivity index (χ4v) is 6.67. The van der Waals surface area contributed by atoms with E-state index in [4.69, 9.17) is 4.74 Å². The van der Waals surface area contributed by atoms with E-state index >= 15 is 0 Å². The number of hydrogen-bond donors (Lipinski definition) is 0. The van der Waals surface area contributed by atoms with Gasteiger partial charge in [0.25, 0.3) is 5.56 Å². The van der Waals surface area contributed by atoms with Gasteiger partial charge < -0.3 is 9.30 Å². The zero-order chi connectivity index (χ0) is 24.9. The number of fused-ring (bicyclic) bond motifs is 3. The number of benzene rings is 1. The van der Waals surface area contributed by atoms with E-state index in [0.29, 0.717) is 18.5 Å². The van der Waals surface area contributed by atoms with Gasteiger partial charge in [-0.2, -0.15) is 14.5 Å². The fraction of sp³-hybridized carbons (Fsp3) is 0.400. The van der Waals surface area contributed by atoms with Crippen molar-refractivity contribution in [1.82, 2.24) is 28.4 Å². The fourth-order valence-electron chi connectivity index (χ4n) is 5.25. The van der Waals surface area contributed by atoms with Gasteiger partial charge in [-0.3, -0.25) is 4.79 Å². The van der Waals surface area contributed by atoms with E-state index < -0.39 is 10.0 Å². The molecule has 2 aliphatic heterocycles. The molecule has 1 unspecified atom stereocenters. The van der Waals surface area contributed by atoms with Crippen LogP contribution < -0.4 is 5.56 Å². The van der Waals surface area contributed by atoms with Crippen LogP contribution in [0.2, 0.25) is 0 Å². The minimum absolute atomic E-state index is 0.0608. The lowest BCUT2D eigenvalue weighted by atomic mass is 10.1. The molecule has 10 nitrogen and oxygen atoms in total. The van der Waals surface area contributed by atoms with Crippen molar-refractivity contribution in [2.75, 3.05) is 13.2 Å². The molecule has 0 aliphatic carbocycles. The van der Waals surface area contributed by atoms with Crippen molar-refractivity contribution in [2.24, 2.45) is 7.05 Å². The van der Waals surface area contributed by atoms with E-state index in [2.05, 4.69) is 10.2 Å². The molecule has 188 valence electrons. The zero-order valence-corrected chi connectivity index (χ0v) is 20.9. The van der Waals surface area contributed by atoms with Gasteiger partial charge in [-0.25, -0.2) is 17.8 Å². The van der Waals surface area contributed by atoms with E-state index in [1.165, 1.54) is 8.99 Å². The second-order valence-corrected chi connectivity index (χ2v) is 11.3. The van der Waals surface area contributed by atoms with E-state index in [1.807, 2.05) is 28.6 Å². The second kappa shape index (κ2) is 8.99. The highest BCUT2D eigenvalue weighted by molar-refractivity contribution is 7.89. The summed E-state index contributed by atoms with van der Waals surface area (Å²) in [4.78, 5) is 13.7. The largest absolute Gasteiger partial charge is 0.357 e. The zero-order valence-electron chi connectivity index (χ0n) is 20.1. The van der Waals surface area contributed by atoms with Gasteiger partial charge >= 0.3 is 0 Å². The molecule has 11 heteroatoms. The predicted octanol–water partition coefficient (Wildman–Crippen LogP) is 2.43. The quantitative estimate of drug-likeness (QED) is 0.410. The van der Waals surface area contributed by atoms with E-state index in [-0.39, 0.29) is 29.8 Å². The molecule has 3 aromatic heterocycles. The summed E-state index contributed by atoms with van der Waals surface area (Å²) in [6, 6.07) is 10.3. The number of ether oxygens (including phenoxy) is 1. The molecule has 2 aliphatic rings. The molecule has 0 N–H and O–H groups in total. The lowest BCUT2D eigenvalue weighted by molar-refractivity contribution is -0.0397. The SMILES string of the molecule is Cn1c2c(c3cnn(Cc4ccn(C5CCCCO5)n4)c(=O)c31)CCN(S(=O)(=O)c1ccccc1)C2. The maximum absolute atomic E-state index is 13.5. The Labute approximate surface area is 208 Å². The first-order valence-electron chi connectivity index (χ1n) is 12.2. The molecule has 5 heterocycles. The van der Waals surface area contributed by atoms with Crippen LogP contribution in [0.15, 0.2) is 58.5 Å². The van der Waals surface area contributed by atoms with E-state index in [1.54, 1.807) is 36.5 Å². The van der Waals surface area contributed by atoms with Gasteiger partial charge in [0.1, 0.15) is 11.7 Å². The first-order valence-corrected chi connectivity index (χ1v) is 13.6. The summed E-state index contributed by atoms with van der Waals surface area (Å²) in [5.41, 5.74) is 2.86. The third kappa shape index (κ3) is 3.87. The highest BCUT2D eigenvalue weighted by atomic mass is 32.2. The summed E-state index contributed by atoms with van der Waals surface area (Å²) < 4.78 is 38.7. The summed E-state index contributed by atoms with van der Waals surface area (Å²) >= 11 is 0. The summed E-state index contributed by atoms with van der Waals surface area (Å²) in [6.07, 6.45) is 7.18. The van der Waals surface area contributed by atoms with Crippen molar-refractivity contribution in [1.29, 1.82) is 0 Å². The molecule has 36 heavy (non-hydrogen) atoms. The number of sulfonamides is 1. The molecule has 1 fully saturated rings. The van der Waals surface area contributed by atoms with Crippen molar-refractivity contribution < 1.29 is 13.2 Å². The van der Waals surface area contributed by atoms with Gasteiger partial charge in [-0.15, -0.1) is 0 Å². The summed E-state index contributed by atoms with van der Waals surface area (Å²) in [7, 11) is -1.80. The van der Waals surface area contributed by atoms with Gasteiger partial charge in [-0.05, 0) is 49.4 Å². The van der Waals surface area contributed by atoms with Crippen LogP contribution in [-0.2, 0) is 41.3 Å². The molecule has 0 spiro atoms.